The van der Waals surface area contributed by atoms with E-state index in [0.717, 1.165) is 0 Å². The molecule has 0 unspecified atom stereocenters. The number of allylic oxidation sites excluding steroid dienone is 1. The maximum Gasteiger partial charge on any atom is 0.373 e. The molecule has 0 amide bonds. The fraction of sp³-hybridized carbons (Fsp3) is 0.167. The maximum absolute atomic E-state index is 12.8. The molecule has 0 N–H and O–H groups in total. The van der Waals surface area contributed by atoms with Crippen LogP contribution in [0.4, 0.5) is 0 Å². The van der Waals surface area contributed by atoms with Crippen LogP contribution >= 0.6 is 0 Å². The molecule has 0 radical (unpaired) electrons. The molecule has 164 valence electrons. The van der Waals surface area contributed by atoms with E-state index in [1.165, 1.54) is 20.3 Å². The van der Waals surface area contributed by atoms with E-state index in [4.69, 9.17) is 23.4 Å². The highest BCUT2D eigenvalue weighted by atomic mass is 16.5. The summed E-state index contributed by atoms with van der Waals surface area (Å²) in [4.78, 5) is 24.2. The van der Waals surface area contributed by atoms with Gasteiger partial charge in [-0.25, -0.2) is 4.79 Å². The lowest BCUT2D eigenvalue weighted by Gasteiger charge is -2.10. The smallest absolute Gasteiger partial charge is 0.373 e. The molecule has 1 aliphatic heterocycles. The number of methoxy groups -OCH3 is 3. The van der Waals surface area contributed by atoms with Crippen molar-refractivity contribution in [1.82, 2.24) is 0 Å². The summed E-state index contributed by atoms with van der Waals surface area (Å²) in [7, 11) is 4.35. The van der Waals surface area contributed by atoms with E-state index in [-0.39, 0.29) is 23.9 Å². The van der Waals surface area contributed by atoms with Crippen LogP contribution in [-0.2, 0) is 11.3 Å². The van der Waals surface area contributed by atoms with Gasteiger partial charge in [0.2, 0.25) is 11.5 Å². The molecule has 0 aliphatic carbocycles. The first-order chi connectivity index (χ1) is 15.5. The van der Waals surface area contributed by atoms with Crippen molar-refractivity contribution in [3.8, 4) is 23.0 Å². The lowest BCUT2D eigenvalue weighted by molar-refractivity contribution is 0.0561. The van der Waals surface area contributed by atoms with E-state index in [1.807, 2.05) is 0 Å². The Labute approximate surface area is 183 Å². The van der Waals surface area contributed by atoms with Crippen molar-refractivity contribution < 1.29 is 37.7 Å². The van der Waals surface area contributed by atoms with Gasteiger partial charge in [0.05, 0.1) is 26.9 Å². The second kappa shape index (κ2) is 8.89. The number of para-hydroxylation sites is 1. The molecule has 0 saturated heterocycles. The quantitative estimate of drug-likeness (QED) is 0.400. The fourth-order valence-electron chi connectivity index (χ4n) is 3.24. The van der Waals surface area contributed by atoms with Gasteiger partial charge in [0, 0.05) is 11.6 Å². The molecule has 0 saturated carbocycles. The average Bonchev–Trinajstić information content (AvgIpc) is 3.41. The highest BCUT2D eigenvalue weighted by Crippen LogP contribution is 2.37. The van der Waals surface area contributed by atoms with E-state index >= 15 is 0 Å². The molecule has 2 heterocycles. The van der Waals surface area contributed by atoms with Gasteiger partial charge >= 0.3 is 5.97 Å². The van der Waals surface area contributed by atoms with E-state index in [0.29, 0.717) is 39.9 Å². The van der Waals surface area contributed by atoms with Crippen LogP contribution < -0.4 is 18.9 Å². The molecule has 4 rings (SSSR count). The third kappa shape index (κ3) is 4.02. The van der Waals surface area contributed by atoms with Gasteiger partial charge in [0.15, 0.2) is 17.3 Å². The molecule has 32 heavy (non-hydrogen) atoms. The first-order valence-corrected chi connectivity index (χ1v) is 9.63. The lowest BCUT2D eigenvalue weighted by Crippen LogP contribution is -1.99. The number of benzene rings is 2. The Morgan fingerprint density at radius 1 is 1.03 bits per heavy atom. The summed E-state index contributed by atoms with van der Waals surface area (Å²) in [6, 6.07) is 13.4. The van der Waals surface area contributed by atoms with Gasteiger partial charge in [0.1, 0.15) is 23.9 Å². The molecule has 2 aromatic carbocycles. The van der Waals surface area contributed by atoms with Crippen LogP contribution in [0.3, 0.4) is 0 Å². The first-order valence-electron chi connectivity index (χ1n) is 9.63. The van der Waals surface area contributed by atoms with Crippen LogP contribution in [0.2, 0.25) is 0 Å². The topological polar surface area (TPSA) is 93.4 Å². The summed E-state index contributed by atoms with van der Waals surface area (Å²) < 4.78 is 32.2. The van der Waals surface area contributed by atoms with Crippen LogP contribution in [0.15, 0.2) is 58.7 Å². The van der Waals surface area contributed by atoms with Crippen LogP contribution in [0.1, 0.15) is 32.2 Å². The molecule has 1 aromatic heterocycles. The van der Waals surface area contributed by atoms with E-state index in [2.05, 4.69) is 4.74 Å². The Hall–Kier alpha value is -4.20. The largest absolute Gasteiger partial charge is 0.493 e. The second-order valence-corrected chi connectivity index (χ2v) is 6.73. The monoisotopic (exact) mass is 436 g/mol. The summed E-state index contributed by atoms with van der Waals surface area (Å²) in [5, 5.41) is 0. The third-order valence-corrected chi connectivity index (χ3v) is 4.79. The minimum atomic E-state index is -0.562. The summed E-state index contributed by atoms with van der Waals surface area (Å²) >= 11 is 0. The molecule has 8 heteroatoms. The summed E-state index contributed by atoms with van der Waals surface area (Å²) in [5.74, 6) is 1.82. The minimum absolute atomic E-state index is 0.0907. The molecule has 0 fully saturated rings. The number of carbonyl (C=O) groups excluding carboxylic acids is 2. The zero-order chi connectivity index (χ0) is 22.7. The Kier molecular flexibility index (Phi) is 5.85. The van der Waals surface area contributed by atoms with Crippen molar-refractivity contribution >= 4 is 17.8 Å². The number of fused-ring (bicyclic) bond motifs is 1. The number of ketones is 1. The third-order valence-electron chi connectivity index (χ3n) is 4.79. The Balaban J connectivity index is 1.51. The Morgan fingerprint density at radius 3 is 2.62 bits per heavy atom. The number of rotatable bonds is 7. The highest BCUT2D eigenvalue weighted by molar-refractivity contribution is 6.14. The maximum atomic E-state index is 12.8. The zero-order valence-electron chi connectivity index (χ0n) is 17.7. The fourth-order valence-corrected chi connectivity index (χ4v) is 3.24. The summed E-state index contributed by atoms with van der Waals surface area (Å²) in [5.41, 5.74) is 1.08. The number of Topliss-reactive ketones (excluding diaryl/α,β-unsaturated/α-hetero) is 1. The van der Waals surface area contributed by atoms with E-state index in [9.17, 15) is 9.59 Å². The predicted octanol–water partition coefficient (Wildman–Crippen LogP) is 4.28. The second-order valence-electron chi connectivity index (χ2n) is 6.73. The van der Waals surface area contributed by atoms with E-state index < -0.39 is 5.97 Å². The van der Waals surface area contributed by atoms with Crippen molar-refractivity contribution in [2.24, 2.45) is 0 Å². The number of hydrogen-bond donors (Lipinski definition) is 0. The minimum Gasteiger partial charge on any atom is -0.493 e. The van der Waals surface area contributed by atoms with Crippen LogP contribution in [0, 0.1) is 0 Å². The molecular weight excluding hydrogens is 416 g/mol. The van der Waals surface area contributed by atoms with Gasteiger partial charge < -0.3 is 28.1 Å². The van der Waals surface area contributed by atoms with Gasteiger partial charge in [0.25, 0.3) is 0 Å². The van der Waals surface area contributed by atoms with E-state index in [1.54, 1.807) is 55.7 Å². The van der Waals surface area contributed by atoms with Gasteiger partial charge in [-0.3, -0.25) is 4.79 Å². The number of ether oxygens (including phenoxy) is 5. The SMILES string of the molecule is COC(=O)c1ccc(COc2ccc3c(c2)OC(=Cc2cccc(OC)c2OC)C3=O)o1. The average molecular weight is 436 g/mol. The first kappa shape index (κ1) is 21.0. The summed E-state index contributed by atoms with van der Waals surface area (Å²) in [6.45, 7) is 0.0907. The van der Waals surface area contributed by atoms with Gasteiger partial charge in [-0.15, -0.1) is 0 Å². The highest BCUT2D eigenvalue weighted by Gasteiger charge is 2.28. The molecule has 1 aliphatic rings. The van der Waals surface area contributed by atoms with Crippen molar-refractivity contribution in [3.05, 3.63) is 76.9 Å². The van der Waals surface area contributed by atoms with Crippen LogP contribution in [0.25, 0.3) is 6.08 Å². The Morgan fingerprint density at radius 2 is 1.88 bits per heavy atom. The molecule has 0 bridgehead atoms. The van der Waals surface area contributed by atoms with Crippen molar-refractivity contribution in [2.75, 3.05) is 21.3 Å². The van der Waals surface area contributed by atoms with Gasteiger partial charge in [-0.2, -0.15) is 0 Å². The molecule has 3 aromatic rings. The number of esters is 1. The zero-order valence-corrected chi connectivity index (χ0v) is 17.7. The van der Waals surface area contributed by atoms with Crippen molar-refractivity contribution in [3.63, 3.8) is 0 Å². The summed E-state index contributed by atoms with van der Waals surface area (Å²) in [6.07, 6.45) is 1.61. The normalized spacial score (nSPS) is 13.5. The molecule has 8 nitrogen and oxygen atoms in total. The van der Waals surface area contributed by atoms with Gasteiger partial charge in [-0.05, 0) is 36.4 Å². The lowest BCUT2D eigenvalue weighted by atomic mass is 10.1. The van der Waals surface area contributed by atoms with Crippen LogP contribution in [0.5, 0.6) is 23.0 Å². The molecular formula is C24H20O8. The van der Waals surface area contributed by atoms with Crippen LogP contribution in [-0.4, -0.2) is 33.1 Å². The number of furan rings is 1. The molecule has 0 atom stereocenters. The number of hydrogen-bond acceptors (Lipinski definition) is 8. The van der Waals surface area contributed by atoms with Gasteiger partial charge in [-0.1, -0.05) is 12.1 Å². The molecule has 0 spiro atoms. The van der Waals surface area contributed by atoms with Crippen molar-refractivity contribution in [1.29, 1.82) is 0 Å². The Bertz CT molecular complexity index is 1200. The predicted molar refractivity (Wildman–Crippen MR) is 113 cm³/mol. The van der Waals surface area contributed by atoms with Crippen molar-refractivity contribution in [2.45, 2.75) is 6.61 Å². The standard InChI is InChI=1S/C24H20O8/c1-27-18-6-4-5-14(23(18)28-2)11-21-22(25)17-9-7-15(12-20(17)32-21)30-13-16-8-10-19(31-16)24(26)29-3/h4-12H,13H2,1-3H3. The number of carbonyl (C=O) groups is 2.